The zero-order valence-electron chi connectivity index (χ0n) is 18.8. The van der Waals surface area contributed by atoms with Gasteiger partial charge in [-0.25, -0.2) is 9.97 Å². The minimum absolute atomic E-state index is 0.454. The van der Waals surface area contributed by atoms with Gasteiger partial charge in [0.25, 0.3) is 0 Å². The summed E-state index contributed by atoms with van der Waals surface area (Å²) in [5, 5.41) is 4.64. The Kier molecular flexibility index (Phi) is 5.83. The van der Waals surface area contributed by atoms with Crippen molar-refractivity contribution in [2.24, 2.45) is 5.92 Å². The number of rotatable bonds is 6. The van der Waals surface area contributed by atoms with E-state index in [4.69, 9.17) is 9.72 Å². The van der Waals surface area contributed by atoms with Crippen molar-refractivity contribution in [3.63, 3.8) is 0 Å². The van der Waals surface area contributed by atoms with Crippen LogP contribution in [0.4, 0.5) is 5.13 Å². The zero-order chi connectivity index (χ0) is 22.1. The minimum Gasteiger partial charge on any atom is -0.457 e. The molecule has 0 bridgehead atoms. The van der Waals surface area contributed by atoms with E-state index >= 15 is 0 Å². The molecule has 1 saturated carbocycles. The summed E-state index contributed by atoms with van der Waals surface area (Å²) < 4.78 is 7.27. The maximum absolute atomic E-state index is 6.15. The fourth-order valence-electron chi connectivity index (χ4n) is 4.39. The molecule has 0 amide bonds. The summed E-state index contributed by atoms with van der Waals surface area (Å²) in [7, 11) is 0. The molecule has 4 aromatic rings. The maximum atomic E-state index is 6.15. The highest BCUT2D eigenvalue weighted by Crippen LogP contribution is 2.34. The van der Waals surface area contributed by atoms with E-state index in [2.05, 4.69) is 33.3 Å². The van der Waals surface area contributed by atoms with Crippen molar-refractivity contribution in [1.29, 1.82) is 0 Å². The average Bonchev–Trinajstić information content (AvgIpc) is 3.36. The van der Waals surface area contributed by atoms with Crippen LogP contribution in [0.25, 0.3) is 21.7 Å². The van der Waals surface area contributed by atoms with Crippen molar-refractivity contribution in [2.45, 2.75) is 58.9 Å². The largest absolute Gasteiger partial charge is 0.457 e. The summed E-state index contributed by atoms with van der Waals surface area (Å²) in [5.41, 5.74) is 3.79. The molecule has 2 N–H and O–H groups in total. The fourth-order valence-corrected chi connectivity index (χ4v) is 5.38. The van der Waals surface area contributed by atoms with Crippen LogP contribution in [0.1, 0.15) is 50.4 Å². The van der Waals surface area contributed by atoms with Gasteiger partial charge < -0.3 is 15.0 Å². The lowest BCUT2D eigenvalue weighted by Crippen LogP contribution is -2.27. The van der Waals surface area contributed by atoms with Gasteiger partial charge >= 0.3 is 0 Å². The van der Waals surface area contributed by atoms with Crippen LogP contribution in [0.3, 0.4) is 0 Å². The number of nitrogens with zero attached hydrogens (tertiary/aromatic N) is 3. The summed E-state index contributed by atoms with van der Waals surface area (Å²) in [6.07, 6.45) is 8.48. The summed E-state index contributed by atoms with van der Waals surface area (Å²) >= 11 is 1.69. The Morgan fingerprint density at radius 1 is 1.06 bits per heavy atom. The van der Waals surface area contributed by atoms with E-state index in [9.17, 15) is 0 Å². The number of anilines is 1. The predicted octanol–water partition coefficient (Wildman–Crippen LogP) is 6.87. The first-order valence-corrected chi connectivity index (χ1v) is 12.2. The van der Waals surface area contributed by atoms with Crippen LogP contribution in [0.2, 0.25) is 0 Å². The van der Waals surface area contributed by atoms with Gasteiger partial charge in [-0.15, -0.1) is 0 Å². The molecule has 0 saturated heterocycles. The first-order valence-electron chi connectivity index (χ1n) is 11.4. The molecule has 5 rings (SSSR count). The van der Waals surface area contributed by atoms with Gasteiger partial charge in [0.2, 0.25) is 0 Å². The van der Waals surface area contributed by atoms with Gasteiger partial charge in [-0.1, -0.05) is 30.6 Å². The number of H-pyrrole nitrogens is 1. The lowest BCUT2D eigenvalue weighted by molar-refractivity contribution is 0.328. The molecule has 166 valence electrons. The SMILES string of the molecule is Cc1nc(-c2cc(Oc3ccc4nc(NC(C)C5CCCCC5)sc4c3)ccn2)[nH]c1C. The molecule has 6 nitrogen and oxygen atoms in total. The maximum Gasteiger partial charge on any atom is 0.184 e. The Morgan fingerprint density at radius 2 is 1.88 bits per heavy atom. The third-order valence-electron chi connectivity index (χ3n) is 6.41. The third kappa shape index (κ3) is 4.48. The summed E-state index contributed by atoms with van der Waals surface area (Å²) in [6.45, 7) is 6.29. The van der Waals surface area contributed by atoms with Crippen LogP contribution in [-0.4, -0.2) is 26.0 Å². The molecule has 1 aliphatic rings. The molecular formula is C25H29N5OS. The second kappa shape index (κ2) is 8.90. The minimum atomic E-state index is 0.454. The van der Waals surface area contributed by atoms with Crippen molar-refractivity contribution in [3.8, 4) is 23.0 Å². The summed E-state index contributed by atoms with van der Waals surface area (Å²) in [4.78, 5) is 17.0. The highest BCUT2D eigenvalue weighted by molar-refractivity contribution is 7.22. The molecule has 1 aromatic carbocycles. The number of ether oxygens (including phenoxy) is 1. The molecule has 0 spiro atoms. The van der Waals surface area contributed by atoms with E-state index in [1.807, 2.05) is 38.1 Å². The van der Waals surface area contributed by atoms with Crippen molar-refractivity contribution in [2.75, 3.05) is 5.32 Å². The summed E-state index contributed by atoms with van der Waals surface area (Å²) in [5.74, 6) is 3.02. The number of imidazole rings is 1. The Bertz CT molecular complexity index is 1200. The molecule has 3 heterocycles. The normalized spacial score (nSPS) is 15.7. The standard InChI is InChI=1S/C25H29N5OS/c1-15-16(2)28-24(27-15)22-13-20(11-12-26-22)31-19-9-10-21-23(14-19)32-25(30-21)29-17(3)18-7-5-4-6-8-18/h9-14,17-18H,4-8H2,1-3H3,(H,27,28)(H,29,30). The van der Waals surface area contributed by atoms with Crippen molar-refractivity contribution < 1.29 is 4.74 Å². The van der Waals surface area contributed by atoms with Gasteiger partial charge in [0.05, 0.1) is 15.9 Å². The van der Waals surface area contributed by atoms with Gasteiger partial charge in [0.1, 0.15) is 17.2 Å². The molecule has 1 fully saturated rings. The number of benzene rings is 1. The van der Waals surface area contributed by atoms with Gasteiger partial charge in [-0.2, -0.15) is 0 Å². The van der Waals surface area contributed by atoms with Crippen LogP contribution in [-0.2, 0) is 0 Å². The Labute approximate surface area is 192 Å². The smallest absolute Gasteiger partial charge is 0.184 e. The van der Waals surface area contributed by atoms with Crippen LogP contribution < -0.4 is 10.1 Å². The van der Waals surface area contributed by atoms with Crippen LogP contribution >= 0.6 is 11.3 Å². The topological polar surface area (TPSA) is 75.7 Å². The van der Waals surface area contributed by atoms with Gasteiger partial charge in [0, 0.05) is 30.1 Å². The van der Waals surface area contributed by atoms with E-state index < -0.39 is 0 Å². The monoisotopic (exact) mass is 447 g/mol. The third-order valence-corrected chi connectivity index (χ3v) is 7.36. The molecule has 0 aliphatic heterocycles. The molecule has 32 heavy (non-hydrogen) atoms. The number of aryl methyl sites for hydroxylation is 2. The molecule has 1 aliphatic carbocycles. The second-order valence-corrected chi connectivity index (χ2v) is 9.78. The molecule has 7 heteroatoms. The number of aromatic amines is 1. The lowest BCUT2D eigenvalue weighted by Gasteiger charge is -2.28. The predicted molar refractivity (Wildman–Crippen MR) is 131 cm³/mol. The van der Waals surface area contributed by atoms with Crippen LogP contribution in [0.15, 0.2) is 36.5 Å². The second-order valence-electron chi connectivity index (χ2n) is 8.75. The zero-order valence-corrected chi connectivity index (χ0v) is 19.6. The number of hydrogen-bond donors (Lipinski definition) is 2. The fraction of sp³-hybridized carbons (Fsp3) is 0.400. The van der Waals surface area contributed by atoms with E-state index in [1.54, 1.807) is 17.5 Å². The lowest BCUT2D eigenvalue weighted by atomic mass is 9.85. The molecule has 3 aromatic heterocycles. The Hall–Kier alpha value is -2.93. The number of fused-ring (bicyclic) bond motifs is 1. The quantitative estimate of drug-likeness (QED) is 0.337. The number of nitrogens with one attached hydrogen (secondary N) is 2. The first kappa shape index (κ1) is 20.9. The molecular weight excluding hydrogens is 418 g/mol. The van der Waals surface area contributed by atoms with Gasteiger partial charge in [0.15, 0.2) is 11.0 Å². The van der Waals surface area contributed by atoms with E-state index in [1.165, 1.54) is 32.1 Å². The molecule has 1 atom stereocenters. The van der Waals surface area contributed by atoms with E-state index in [0.29, 0.717) is 6.04 Å². The van der Waals surface area contributed by atoms with Gasteiger partial charge in [-0.3, -0.25) is 4.98 Å². The molecule has 1 unspecified atom stereocenters. The average molecular weight is 448 g/mol. The molecule has 0 radical (unpaired) electrons. The van der Waals surface area contributed by atoms with Gasteiger partial charge in [-0.05, 0) is 57.7 Å². The van der Waals surface area contributed by atoms with Crippen molar-refractivity contribution in [3.05, 3.63) is 47.9 Å². The Balaban J connectivity index is 1.31. The highest BCUT2D eigenvalue weighted by Gasteiger charge is 2.21. The summed E-state index contributed by atoms with van der Waals surface area (Å²) in [6, 6.07) is 10.3. The van der Waals surface area contributed by atoms with Crippen molar-refractivity contribution >= 4 is 26.7 Å². The number of pyridine rings is 1. The number of hydrogen-bond acceptors (Lipinski definition) is 6. The highest BCUT2D eigenvalue weighted by atomic mass is 32.1. The van der Waals surface area contributed by atoms with Crippen LogP contribution in [0, 0.1) is 19.8 Å². The van der Waals surface area contributed by atoms with E-state index in [0.717, 1.165) is 55.7 Å². The van der Waals surface area contributed by atoms with E-state index in [-0.39, 0.29) is 0 Å². The van der Waals surface area contributed by atoms with Crippen LogP contribution in [0.5, 0.6) is 11.5 Å². The Morgan fingerprint density at radius 3 is 2.66 bits per heavy atom. The van der Waals surface area contributed by atoms with Crippen molar-refractivity contribution in [1.82, 2.24) is 19.9 Å². The first-order chi connectivity index (χ1) is 15.5. The number of thiazole rings is 1. The number of aromatic nitrogens is 4.